The maximum Gasteiger partial charge on any atom is 0.348 e. The van der Waals surface area contributed by atoms with E-state index in [1.54, 1.807) is 6.07 Å². The number of hydrogen-bond acceptors (Lipinski definition) is 6. The van der Waals surface area contributed by atoms with Crippen molar-refractivity contribution in [3.8, 4) is 0 Å². The van der Waals surface area contributed by atoms with Gasteiger partial charge in [0.05, 0.1) is 6.10 Å². The van der Waals surface area contributed by atoms with E-state index >= 15 is 0 Å². The molecule has 0 aliphatic rings. The van der Waals surface area contributed by atoms with Gasteiger partial charge in [0.2, 0.25) is 0 Å². The lowest BCUT2D eigenvalue weighted by molar-refractivity contribution is -0.0315. The van der Waals surface area contributed by atoms with Gasteiger partial charge in [-0.3, -0.25) is 0 Å². The highest BCUT2D eigenvalue weighted by atomic mass is 32.1. The summed E-state index contributed by atoms with van der Waals surface area (Å²) in [5.74, 6) is -0.481. The molecular formula is C14H22O5S. The minimum Gasteiger partial charge on any atom is -0.459 e. The summed E-state index contributed by atoms with van der Waals surface area (Å²) in [6, 6.07) is 3.61. The van der Waals surface area contributed by atoms with Crippen LogP contribution in [0.25, 0.3) is 0 Å². The van der Waals surface area contributed by atoms with Crippen molar-refractivity contribution in [2.24, 2.45) is 0 Å². The second-order valence-corrected chi connectivity index (χ2v) is 5.78. The van der Waals surface area contributed by atoms with E-state index in [1.165, 1.54) is 11.3 Å². The van der Waals surface area contributed by atoms with Gasteiger partial charge in [-0.1, -0.05) is 13.3 Å². The second kappa shape index (κ2) is 9.07. The van der Waals surface area contributed by atoms with Crippen molar-refractivity contribution in [2.45, 2.75) is 44.8 Å². The van der Waals surface area contributed by atoms with Crippen LogP contribution >= 0.6 is 11.3 Å². The Bertz CT molecular complexity index is 404. The van der Waals surface area contributed by atoms with Crippen molar-refractivity contribution < 1.29 is 24.9 Å². The number of carbonyl (C=O) groups is 1. The van der Waals surface area contributed by atoms with Crippen LogP contribution in [0.1, 0.15) is 40.7 Å². The fourth-order valence-corrected chi connectivity index (χ4v) is 2.71. The van der Waals surface area contributed by atoms with E-state index in [1.807, 2.05) is 6.07 Å². The Kier molecular flexibility index (Phi) is 7.76. The molecule has 0 fully saturated rings. The summed E-state index contributed by atoms with van der Waals surface area (Å²) in [6.07, 6.45) is 0.506. The number of rotatable bonds is 9. The lowest BCUT2D eigenvalue weighted by atomic mass is 10.1. The summed E-state index contributed by atoms with van der Waals surface area (Å²) >= 11 is 1.39. The van der Waals surface area contributed by atoms with Crippen LogP contribution in [0.3, 0.4) is 0 Å². The molecule has 1 rings (SSSR count). The minimum absolute atomic E-state index is 0.0427. The topological polar surface area (TPSA) is 87.0 Å². The first-order valence-electron chi connectivity index (χ1n) is 6.81. The van der Waals surface area contributed by atoms with Crippen molar-refractivity contribution in [1.82, 2.24) is 0 Å². The third-order valence-corrected chi connectivity index (χ3v) is 3.97. The van der Waals surface area contributed by atoms with Crippen molar-refractivity contribution in [3.63, 3.8) is 0 Å². The summed E-state index contributed by atoms with van der Waals surface area (Å²) in [5, 5.41) is 27.8. The SMILES string of the molecule is CCCc1ccc(C(=O)OCC(O)C(O)CCCO)s1. The van der Waals surface area contributed by atoms with E-state index in [9.17, 15) is 15.0 Å². The molecule has 2 atom stereocenters. The van der Waals surface area contributed by atoms with Crippen molar-refractivity contribution >= 4 is 17.3 Å². The first-order valence-corrected chi connectivity index (χ1v) is 7.63. The predicted octanol–water partition coefficient (Wildman–Crippen LogP) is 1.35. The van der Waals surface area contributed by atoms with Gasteiger partial charge in [-0.05, 0) is 31.4 Å². The highest BCUT2D eigenvalue weighted by Gasteiger charge is 2.19. The van der Waals surface area contributed by atoms with Gasteiger partial charge < -0.3 is 20.1 Å². The van der Waals surface area contributed by atoms with E-state index in [2.05, 4.69) is 6.92 Å². The van der Waals surface area contributed by atoms with Crippen LogP contribution < -0.4 is 0 Å². The van der Waals surface area contributed by atoms with Crippen molar-refractivity contribution in [3.05, 3.63) is 21.9 Å². The van der Waals surface area contributed by atoms with Gasteiger partial charge in [-0.2, -0.15) is 0 Å². The average molecular weight is 302 g/mol. The van der Waals surface area contributed by atoms with E-state index in [0.717, 1.165) is 17.7 Å². The zero-order valence-electron chi connectivity index (χ0n) is 11.6. The fraction of sp³-hybridized carbons (Fsp3) is 0.643. The molecule has 0 aromatic carbocycles. The van der Waals surface area contributed by atoms with Gasteiger partial charge in [0.25, 0.3) is 0 Å². The Balaban J connectivity index is 2.37. The number of aryl methyl sites for hydroxylation is 1. The van der Waals surface area contributed by atoms with Gasteiger partial charge in [0.1, 0.15) is 17.6 Å². The largest absolute Gasteiger partial charge is 0.459 e. The minimum atomic E-state index is -1.12. The maximum absolute atomic E-state index is 11.8. The molecule has 3 N–H and O–H groups in total. The molecule has 0 bridgehead atoms. The van der Waals surface area contributed by atoms with Crippen LogP contribution in [0, 0.1) is 0 Å². The molecule has 1 aromatic heterocycles. The summed E-state index contributed by atoms with van der Waals surface area (Å²) in [5.41, 5.74) is 0. The Morgan fingerprint density at radius 3 is 2.75 bits per heavy atom. The standard InChI is InChI=1S/C14H22O5S/c1-2-4-10-6-7-13(20-10)14(18)19-9-12(17)11(16)5-3-8-15/h6-7,11-12,15-17H,2-5,8-9H2,1H3. The Morgan fingerprint density at radius 1 is 1.35 bits per heavy atom. The smallest absolute Gasteiger partial charge is 0.348 e. The monoisotopic (exact) mass is 302 g/mol. The van der Waals surface area contributed by atoms with E-state index in [0.29, 0.717) is 11.3 Å². The first-order chi connectivity index (χ1) is 9.58. The van der Waals surface area contributed by atoms with Crippen LogP contribution in [0.15, 0.2) is 12.1 Å². The van der Waals surface area contributed by atoms with Crippen LogP contribution in [0.5, 0.6) is 0 Å². The molecule has 0 saturated carbocycles. The molecule has 6 heteroatoms. The molecule has 114 valence electrons. The highest BCUT2D eigenvalue weighted by molar-refractivity contribution is 7.13. The molecule has 0 saturated heterocycles. The third kappa shape index (κ3) is 5.58. The molecule has 5 nitrogen and oxygen atoms in total. The maximum atomic E-state index is 11.8. The highest BCUT2D eigenvalue weighted by Crippen LogP contribution is 2.19. The summed E-state index contributed by atoms with van der Waals surface area (Å²) in [7, 11) is 0. The zero-order valence-corrected chi connectivity index (χ0v) is 12.4. The molecule has 0 aliphatic carbocycles. The number of hydrogen-bond donors (Lipinski definition) is 3. The number of thiophene rings is 1. The Morgan fingerprint density at radius 2 is 2.10 bits per heavy atom. The molecule has 1 aromatic rings. The Labute approximate surface area is 122 Å². The van der Waals surface area contributed by atoms with Crippen molar-refractivity contribution in [2.75, 3.05) is 13.2 Å². The zero-order chi connectivity index (χ0) is 15.0. The van der Waals surface area contributed by atoms with Crippen molar-refractivity contribution in [1.29, 1.82) is 0 Å². The Hall–Kier alpha value is -0.950. The number of aliphatic hydroxyl groups excluding tert-OH is 3. The lowest BCUT2D eigenvalue weighted by Gasteiger charge is -2.16. The number of aliphatic hydroxyl groups is 3. The first kappa shape index (κ1) is 17.1. The number of esters is 1. The predicted molar refractivity (Wildman–Crippen MR) is 76.9 cm³/mol. The molecule has 20 heavy (non-hydrogen) atoms. The van der Waals surface area contributed by atoms with Gasteiger partial charge in [-0.15, -0.1) is 11.3 Å². The second-order valence-electron chi connectivity index (χ2n) is 4.61. The summed E-state index contributed by atoms with van der Waals surface area (Å²) in [4.78, 5) is 13.4. The lowest BCUT2D eigenvalue weighted by Crippen LogP contribution is -2.31. The van der Waals surface area contributed by atoms with E-state index in [4.69, 9.17) is 9.84 Å². The van der Waals surface area contributed by atoms with Crippen LogP contribution in [0.4, 0.5) is 0 Å². The van der Waals surface area contributed by atoms with Crippen LogP contribution in [-0.4, -0.2) is 46.7 Å². The quantitative estimate of drug-likeness (QED) is 0.599. The summed E-state index contributed by atoms with van der Waals surface area (Å²) < 4.78 is 4.98. The van der Waals surface area contributed by atoms with Gasteiger partial charge in [0, 0.05) is 11.5 Å². The normalized spacial score (nSPS) is 14.0. The molecule has 2 unspecified atom stereocenters. The molecule has 0 radical (unpaired) electrons. The molecule has 0 spiro atoms. The van der Waals surface area contributed by atoms with Crippen LogP contribution in [-0.2, 0) is 11.2 Å². The molecule has 1 heterocycles. The van der Waals surface area contributed by atoms with E-state index in [-0.39, 0.29) is 19.6 Å². The molecule has 0 aliphatic heterocycles. The van der Waals surface area contributed by atoms with Gasteiger partial charge in [0.15, 0.2) is 0 Å². The van der Waals surface area contributed by atoms with Gasteiger partial charge >= 0.3 is 5.97 Å². The number of carbonyl (C=O) groups excluding carboxylic acids is 1. The summed E-state index contributed by atoms with van der Waals surface area (Å²) in [6.45, 7) is 1.78. The molecular weight excluding hydrogens is 280 g/mol. The average Bonchev–Trinajstić information content (AvgIpc) is 2.90. The molecule has 0 amide bonds. The van der Waals surface area contributed by atoms with Gasteiger partial charge in [-0.25, -0.2) is 4.79 Å². The van der Waals surface area contributed by atoms with E-state index < -0.39 is 18.2 Å². The fourth-order valence-electron chi connectivity index (χ4n) is 1.70. The number of ether oxygens (including phenoxy) is 1. The third-order valence-electron chi connectivity index (χ3n) is 2.85. The van der Waals surface area contributed by atoms with Crippen LogP contribution in [0.2, 0.25) is 0 Å².